The van der Waals surface area contributed by atoms with Crippen LogP contribution in [-0.4, -0.2) is 52.8 Å². The van der Waals surface area contributed by atoms with E-state index in [2.05, 4.69) is 4.99 Å². The fourth-order valence-corrected chi connectivity index (χ4v) is 1.44. The summed E-state index contributed by atoms with van der Waals surface area (Å²) >= 11 is 0. The highest BCUT2D eigenvalue weighted by molar-refractivity contribution is 5.73. The van der Waals surface area contributed by atoms with Crippen LogP contribution in [0.1, 0.15) is 6.92 Å². The van der Waals surface area contributed by atoms with Gasteiger partial charge < -0.3 is 25.8 Å². The molecule has 82 valence electrons. The third kappa shape index (κ3) is 2.34. The van der Waals surface area contributed by atoms with Gasteiger partial charge in [0.1, 0.15) is 6.10 Å². The molecule has 1 unspecified atom stereocenters. The van der Waals surface area contributed by atoms with Crippen LogP contribution < -0.4 is 5.73 Å². The molecule has 0 fully saturated rings. The van der Waals surface area contributed by atoms with Crippen LogP contribution in [0.15, 0.2) is 4.99 Å². The number of nitrogens with zero attached hydrogens (tertiary/aromatic N) is 1. The van der Waals surface area contributed by atoms with Gasteiger partial charge in [0, 0.05) is 5.92 Å². The van der Waals surface area contributed by atoms with Crippen LogP contribution in [0.5, 0.6) is 0 Å². The number of amidine groups is 1. The van der Waals surface area contributed by atoms with Crippen LogP contribution in [0, 0.1) is 5.92 Å². The van der Waals surface area contributed by atoms with E-state index in [9.17, 15) is 5.11 Å². The van der Waals surface area contributed by atoms with Crippen molar-refractivity contribution in [3.8, 4) is 0 Å². The van der Waals surface area contributed by atoms with Crippen molar-refractivity contribution in [2.45, 2.75) is 25.2 Å². The Morgan fingerprint density at radius 3 is 2.64 bits per heavy atom. The molecule has 0 aromatic rings. The number of aliphatic imine (C=N–C) groups is 1. The second-order valence-corrected chi connectivity index (χ2v) is 3.41. The molecule has 14 heavy (non-hydrogen) atoms. The first-order chi connectivity index (χ1) is 6.56. The predicted molar refractivity (Wildman–Crippen MR) is 49.6 cm³/mol. The molecule has 6 heteroatoms. The molecule has 0 aromatic heterocycles. The minimum Gasteiger partial charge on any atom is -0.460 e. The SMILES string of the molecule is C[C@@H](O)[C@H](O)[C@@H](CO)C1CN=C(N)O1. The van der Waals surface area contributed by atoms with Crippen molar-refractivity contribution >= 4 is 6.02 Å². The Morgan fingerprint density at radius 1 is 1.64 bits per heavy atom. The highest BCUT2D eigenvalue weighted by Gasteiger charge is 2.34. The fourth-order valence-electron chi connectivity index (χ4n) is 1.44. The number of rotatable bonds is 4. The lowest BCUT2D eigenvalue weighted by atomic mass is 9.93. The van der Waals surface area contributed by atoms with E-state index < -0.39 is 24.2 Å². The Hall–Kier alpha value is -0.850. The van der Waals surface area contributed by atoms with Crippen molar-refractivity contribution in [2.24, 2.45) is 16.6 Å². The van der Waals surface area contributed by atoms with Crippen LogP contribution in [0.25, 0.3) is 0 Å². The van der Waals surface area contributed by atoms with E-state index in [0.717, 1.165) is 0 Å². The van der Waals surface area contributed by atoms with Gasteiger partial charge in [-0.1, -0.05) is 0 Å². The Kier molecular flexibility index (Phi) is 3.68. The second-order valence-electron chi connectivity index (χ2n) is 3.41. The lowest BCUT2D eigenvalue weighted by Crippen LogP contribution is -2.42. The van der Waals surface area contributed by atoms with Gasteiger partial charge in [0.05, 0.1) is 25.4 Å². The normalized spacial score (nSPS) is 27.7. The maximum Gasteiger partial charge on any atom is 0.282 e. The summed E-state index contributed by atoms with van der Waals surface area (Å²) in [5.41, 5.74) is 5.30. The average Bonchev–Trinajstić information content (AvgIpc) is 2.53. The first-order valence-electron chi connectivity index (χ1n) is 4.49. The topological polar surface area (TPSA) is 108 Å². The summed E-state index contributed by atoms with van der Waals surface area (Å²) in [6.07, 6.45) is -2.41. The van der Waals surface area contributed by atoms with Gasteiger partial charge >= 0.3 is 0 Å². The van der Waals surface area contributed by atoms with E-state index >= 15 is 0 Å². The van der Waals surface area contributed by atoms with Gasteiger partial charge in [-0.3, -0.25) is 0 Å². The van der Waals surface area contributed by atoms with Crippen LogP contribution in [0.2, 0.25) is 0 Å². The monoisotopic (exact) mass is 204 g/mol. The molecule has 1 aliphatic rings. The quantitative estimate of drug-likeness (QED) is 0.425. The molecular formula is C8H16N2O4. The van der Waals surface area contributed by atoms with Gasteiger partial charge in [0.15, 0.2) is 0 Å². The average molecular weight is 204 g/mol. The lowest BCUT2D eigenvalue weighted by molar-refractivity contribution is -0.0583. The number of aliphatic hydroxyl groups is 3. The summed E-state index contributed by atoms with van der Waals surface area (Å²) < 4.78 is 5.08. The van der Waals surface area contributed by atoms with E-state index in [4.69, 9.17) is 20.7 Å². The maximum atomic E-state index is 9.55. The summed E-state index contributed by atoms with van der Waals surface area (Å²) in [6.45, 7) is 1.48. The first kappa shape index (κ1) is 11.2. The first-order valence-corrected chi connectivity index (χ1v) is 4.49. The Morgan fingerprint density at radius 2 is 2.29 bits per heavy atom. The zero-order valence-corrected chi connectivity index (χ0v) is 8.00. The minimum absolute atomic E-state index is 0.0613. The largest absolute Gasteiger partial charge is 0.460 e. The summed E-state index contributed by atoms with van der Waals surface area (Å²) in [5.74, 6) is -0.570. The van der Waals surface area contributed by atoms with Gasteiger partial charge in [-0.25, -0.2) is 4.99 Å². The van der Waals surface area contributed by atoms with Gasteiger partial charge in [-0.15, -0.1) is 0 Å². The van der Waals surface area contributed by atoms with Crippen LogP contribution in [0.3, 0.4) is 0 Å². The predicted octanol–water partition coefficient (Wildman–Crippen LogP) is -1.95. The second kappa shape index (κ2) is 4.59. The Bertz CT molecular complexity index is 219. The number of aliphatic hydroxyl groups excluding tert-OH is 3. The molecule has 4 atom stereocenters. The van der Waals surface area contributed by atoms with Crippen molar-refractivity contribution in [1.29, 1.82) is 0 Å². The van der Waals surface area contributed by atoms with Crippen molar-refractivity contribution in [1.82, 2.24) is 0 Å². The number of nitrogens with two attached hydrogens (primary N) is 1. The molecule has 0 saturated carbocycles. The number of hydrogen-bond acceptors (Lipinski definition) is 6. The van der Waals surface area contributed by atoms with E-state index in [-0.39, 0.29) is 12.6 Å². The van der Waals surface area contributed by atoms with Crippen LogP contribution in [0.4, 0.5) is 0 Å². The number of ether oxygens (including phenoxy) is 1. The number of hydrogen-bond donors (Lipinski definition) is 4. The Labute approximate surface area is 82.0 Å². The molecule has 0 radical (unpaired) electrons. The maximum absolute atomic E-state index is 9.55. The molecular weight excluding hydrogens is 188 g/mol. The van der Waals surface area contributed by atoms with Crippen LogP contribution in [-0.2, 0) is 4.74 Å². The van der Waals surface area contributed by atoms with Crippen molar-refractivity contribution in [2.75, 3.05) is 13.2 Å². The summed E-state index contributed by atoms with van der Waals surface area (Å²) in [5, 5.41) is 27.8. The third-order valence-electron chi connectivity index (χ3n) is 2.32. The molecule has 0 spiro atoms. The molecule has 0 saturated heterocycles. The smallest absolute Gasteiger partial charge is 0.282 e. The summed E-state index contributed by atoms with van der Waals surface area (Å²) in [4.78, 5) is 3.80. The van der Waals surface area contributed by atoms with Gasteiger partial charge in [0.25, 0.3) is 6.02 Å². The fraction of sp³-hybridized carbons (Fsp3) is 0.875. The van der Waals surface area contributed by atoms with Gasteiger partial charge in [0.2, 0.25) is 0 Å². The molecule has 0 bridgehead atoms. The molecule has 0 aliphatic carbocycles. The molecule has 6 nitrogen and oxygen atoms in total. The van der Waals surface area contributed by atoms with Crippen molar-refractivity contribution in [3.63, 3.8) is 0 Å². The third-order valence-corrected chi connectivity index (χ3v) is 2.32. The van der Waals surface area contributed by atoms with Crippen molar-refractivity contribution in [3.05, 3.63) is 0 Å². The summed E-state index contributed by atoms with van der Waals surface area (Å²) in [7, 11) is 0. The molecule has 1 heterocycles. The van der Waals surface area contributed by atoms with E-state index in [0.29, 0.717) is 6.54 Å². The standard InChI is InChI=1S/C8H16N2O4/c1-4(12)7(13)5(3-11)6-2-10-8(9)14-6/h4-7,11-13H,2-3H2,1H3,(H2,9,10)/t4-,5+,6?,7+/m1/s1. The molecule has 1 rings (SSSR count). The van der Waals surface area contributed by atoms with E-state index in [1.54, 1.807) is 0 Å². The van der Waals surface area contributed by atoms with E-state index in [1.165, 1.54) is 6.92 Å². The summed E-state index contributed by atoms with van der Waals surface area (Å²) in [6, 6.07) is 0.0613. The molecule has 1 aliphatic heterocycles. The van der Waals surface area contributed by atoms with Gasteiger partial charge in [-0.05, 0) is 6.92 Å². The minimum atomic E-state index is -1.04. The zero-order chi connectivity index (χ0) is 10.7. The molecule has 5 N–H and O–H groups in total. The van der Waals surface area contributed by atoms with Gasteiger partial charge in [-0.2, -0.15) is 0 Å². The molecule has 0 amide bonds. The van der Waals surface area contributed by atoms with E-state index in [1.807, 2.05) is 0 Å². The highest BCUT2D eigenvalue weighted by Crippen LogP contribution is 2.18. The highest BCUT2D eigenvalue weighted by atomic mass is 16.5. The zero-order valence-electron chi connectivity index (χ0n) is 8.00. The van der Waals surface area contributed by atoms with Crippen molar-refractivity contribution < 1.29 is 20.1 Å². The lowest BCUT2D eigenvalue weighted by Gasteiger charge is -2.27. The Balaban J connectivity index is 2.55. The van der Waals surface area contributed by atoms with Crippen LogP contribution >= 0.6 is 0 Å². The molecule has 0 aromatic carbocycles.